The van der Waals surface area contributed by atoms with E-state index in [1.165, 1.54) is 6.92 Å². The van der Waals surface area contributed by atoms with Gasteiger partial charge >= 0.3 is 11.5 Å². The van der Waals surface area contributed by atoms with Gasteiger partial charge in [-0.25, -0.2) is 4.79 Å². The molecule has 0 bridgehead atoms. The van der Waals surface area contributed by atoms with Crippen LogP contribution in [0.25, 0.3) is 0 Å². The van der Waals surface area contributed by atoms with Crippen molar-refractivity contribution in [3.63, 3.8) is 0 Å². The van der Waals surface area contributed by atoms with Gasteiger partial charge in [-0.15, -0.1) is 0 Å². The van der Waals surface area contributed by atoms with Crippen molar-refractivity contribution in [2.45, 2.75) is 20.4 Å². The van der Waals surface area contributed by atoms with Crippen molar-refractivity contribution < 1.29 is 4.92 Å². The number of aromatic nitrogens is 2. The third kappa shape index (κ3) is 1.11. The summed E-state index contributed by atoms with van der Waals surface area (Å²) >= 11 is 0. The molecule has 1 rings (SSSR count). The van der Waals surface area contributed by atoms with Gasteiger partial charge in [0.2, 0.25) is 0 Å². The number of nitrogens with zero attached hydrogens (tertiary/aromatic N) is 2. The SMILES string of the molecule is CCn1c([N+](=O)[O-])c(C)[nH]c1=O. The fourth-order valence-electron chi connectivity index (χ4n) is 1.11. The summed E-state index contributed by atoms with van der Waals surface area (Å²) in [5.74, 6) is -0.150. The lowest BCUT2D eigenvalue weighted by Crippen LogP contribution is -2.16. The number of rotatable bonds is 2. The van der Waals surface area contributed by atoms with E-state index in [4.69, 9.17) is 0 Å². The third-order valence-corrected chi connectivity index (χ3v) is 1.62. The minimum absolute atomic E-state index is 0.150. The number of imidazole rings is 1. The maximum Gasteiger partial charge on any atom is 0.413 e. The van der Waals surface area contributed by atoms with Crippen LogP contribution in [0.1, 0.15) is 12.6 Å². The maximum absolute atomic E-state index is 11.0. The van der Waals surface area contributed by atoms with Gasteiger partial charge in [-0.2, -0.15) is 4.57 Å². The molecule has 0 spiro atoms. The molecular formula is C6H9N3O3. The lowest BCUT2D eigenvalue weighted by molar-refractivity contribution is -0.392. The second-order valence-corrected chi connectivity index (χ2v) is 2.38. The average molecular weight is 171 g/mol. The molecule has 6 nitrogen and oxygen atoms in total. The highest BCUT2D eigenvalue weighted by atomic mass is 16.6. The van der Waals surface area contributed by atoms with Crippen molar-refractivity contribution in [1.82, 2.24) is 9.55 Å². The third-order valence-electron chi connectivity index (χ3n) is 1.62. The Bertz CT molecular complexity index is 363. The van der Waals surface area contributed by atoms with E-state index in [-0.39, 0.29) is 5.82 Å². The van der Waals surface area contributed by atoms with Crippen LogP contribution in [0.4, 0.5) is 5.82 Å². The Balaban J connectivity index is 3.43. The number of hydrogen-bond donors (Lipinski definition) is 1. The lowest BCUT2D eigenvalue weighted by atomic mass is 10.5. The van der Waals surface area contributed by atoms with E-state index >= 15 is 0 Å². The number of H-pyrrole nitrogens is 1. The molecule has 0 fully saturated rings. The summed E-state index contributed by atoms with van der Waals surface area (Å²) in [7, 11) is 0. The first-order valence-corrected chi connectivity index (χ1v) is 3.51. The van der Waals surface area contributed by atoms with Crippen LogP contribution in [0.15, 0.2) is 4.79 Å². The van der Waals surface area contributed by atoms with Crippen LogP contribution in [0.2, 0.25) is 0 Å². The van der Waals surface area contributed by atoms with Crippen molar-refractivity contribution in [2.24, 2.45) is 0 Å². The van der Waals surface area contributed by atoms with Crippen LogP contribution < -0.4 is 5.69 Å². The van der Waals surface area contributed by atoms with E-state index in [1.807, 2.05) is 0 Å². The molecule has 0 aliphatic rings. The molecule has 0 aliphatic carbocycles. The van der Waals surface area contributed by atoms with E-state index < -0.39 is 10.6 Å². The van der Waals surface area contributed by atoms with Crippen molar-refractivity contribution in [2.75, 3.05) is 0 Å². The largest absolute Gasteiger partial charge is 0.413 e. The van der Waals surface area contributed by atoms with E-state index in [9.17, 15) is 14.9 Å². The zero-order valence-corrected chi connectivity index (χ0v) is 6.83. The average Bonchev–Trinajstić information content (AvgIpc) is 2.24. The molecule has 0 amide bonds. The molecule has 1 heterocycles. The van der Waals surface area contributed by atoms with Gasteiger partial charge in [0.15, 0.2) is 0 Å². The minimum atomic E-state index is -0.559. The second-order valence-electron chi connectivity index (χ2n) is 2.38. The summed E-state index contributed by atoms with van der Waals surface area (Å²) in [5.41, 5.74) is -0.131. The van der Waals surface area contributed by atoms with Gasteiger partial charge in [-0.3, -0.25) is 4.98 Å². The van der Waals surface area contributed by atoms with Gasteiger partial charge in [0.05, 0.1) is 6.54 Å². The highest BCUT2D eigenvalue weighted by Crippen LogP contribution is 2.12. The molecule has 6 heteroatoms. The summed E-state index contributed by atoms with van der Waals surface area (Å²) in [6.45, 7) is 3.49. The summed E-state index contributed by atoms with van der Waals surface area (Å²) < 4.78 is 1.09. The van der Waals surface area contributed by atoms with E-state index in [0.29, 0.717) is 12.2 Å². The molecule has 0 atom stereocenters. The topological polar surface area (TPSA) is 80.9 Å². The number of nitrogens with one attached hydrogen (secondary N) is 1. The maximum atomic E-state index is 11.0. The number of nitro groups is 1. The van der Waals surface area contributed by atoms with Gasteiger partial charge in [-0.1, -0.05) is 0 Å². The lowest BCUT2D eigenvalue weighted by Gasteiger charge is -1.95. The molecule has 0 saturated carbocycles. The highest BCUT2D eigenvalue weighted by molar-refractivity contribution is 5.26. The first-order valence-electron chi connectivity index (χ1n) is 3.51. The van der Waals surface area contributed by atoms with E-state index in [2.05, 4.69) is 4.98 Å². The van der Waals surface area contributed by atoms with Crippen molar-refractivity contribution in [3.8, 4) is 0 Å². The first-order chi connectivity index (χ1) is 5.57. The quantitative estimate of drug-likeness (QED) is 0.517. The Morgan fingerprint density at radius 1 is 1.67 bits per heavy atom. The molecule has 0 saturated heterocycles. The number of aryl methyl sites for hydroxylation is 1. The van der Waals surface area contributed by atoms with Gasteiger partial charge < -0.3 is 10.1 Å². The fraction of sp³-hybridized carbons (Fsp3) is 0.500. The predicted molar refractivity (Wildman–Crippen MR) is 42.1 cm³/mol. The Labute approximate surface area is 68.0 Å². The monoisotopic (exact) mass is 171 g/mol. The Hall–Kier alpha value is -1.59. The van der Waals surface area contributed by atoms with Gasteiger partial charge in [0.1, 0.15) is 5.69 Å². The molecule has 0 radical (unpaired) electrons. The van der Waals surface area contributed by atoms with Crippen LogP contribution in [0.3, 0.4) is 0 Å². The molecule has 1 N–H and O–H groups in total. The highest BCUT2D eigenvalue weighted by Gasteiger charge is 2.19. The van der Waals surface area contributed by atoms with E-state index in [1.54, 1.807) is 6.92 Å². The summed E-state index contributed by atoms with van der Waals surface area (Å²) in [5, 5.41) is 10.4. The zero-order chi connectivity index (χ0) is 9.30. The standard InChI is InChI=1S/C6H9N3O3/c1-3-8-5(9(11)12)4(2)7-6(8)10/h3H2,1-2H3,(H,7,10). The van der Waals surface area contributed by atoms with Crippen LogP contribution in [-0.4, -0.2) is 14.5 Å². The molecule has 1 aromatic heterocycles. The number of hydrogen-bond acceptors (Lipinski definition) is 3. The molecule has 1 aromatic rings. The second kappa shape index (κ2) is 2.80. The fourth-order valence-corrected chi connectivity index (χ4v) is 1.11. The van der Waals surface area contributed by atoms with Crippen LogP contribution in [0.5, 0.6) is 0 Å². The Morgan fingerprint density at radius 3 is 2.58 bits per heavy atom. The summed E-state index contributed by atoms with van der Waals surface area (Å²) in [4.78, 5) is 23.3. The van der Waals surface area contributed by atoms with Crippen LogP contribution in [0, 0.1) is 17.0 Å². The van der Waals surface area contributed by atoms with Gasteiger partial charge in [0.25, 0.3) is 0 Å². The normalized spacial score (nSPS) is 10.2. The predicted octanol–water partition coefficient (Wildman–Crippen LogP) is 0.413. The Morgan fingerprint density at radius 2 is 2.25 bits per heavy atom. The smallest absolute Gasteiger partial charge is 0.358 e. The van der Waals surface area contributed by atoms with Crippen LogP contribution >= 0.6 is 0 Å². The van der Waals surface area contributed by atoms with E-state index in [0.717, 1.165) is 4.57 Å². The van der Waals surface area contributed by atoms with Crippen molar-refractivity contribution >= 4 is 5.82 Å². The summed E-state index contributed by atoms with van der Waals surface area (Å²) in [6.07, 6.45) is 0. The molecule has 66 valence electrons. The number of aromatic amines is 1. The van der Waals surface area contributed by atoms with Gasteiger partial charge in [0, 0.05) is 0 Å². The molecule has 0 aromatic carbocycles. The molecule has 0 unspecified atom stereocenters. The first kappa shape index (κ1) is 8.51. The molecule has 12 heavy (non-hydrogen) atoms. The van der Waals surface area contributed by atoms with Crippen molar-refractivity contribution in [1.29, 1.82) is 0 Å². The zero-order valence-electron chi connectivity index (χ0n) is 6.83. The minimum Gasteiger partial charge on any atom is -0.358 e. The molecule has 0 aliphatic heterocycles. The van der Waals surface area contributed by atoms with Gasteiger partial charge in [-0.05, 0) is 18.8 Å². The molecular weight excluding hydrogens is 162 g/mol. The van der Waals surface area contributed by atoms with Crippen LogP contribution in [-0.2, 0) is 6.54 Å². The summed E-state index contributed by atoms with van der Waals surface area (Å²) in [6, 6.07) is 0. The Kier molecular flexibility index (Phi) is 1.99. The van der Waals surface area contributed by atoms with Crippen molar-refractivity contribution in [3.05, 3.63) is 26.3 Å².